The average Bonchev–Trinajstić information content (AvgIpc) is 2.70. The zero-order valence-corrected chi connectivity index (χ0v) is 12.6. The fourth-order valence-electron chi connectivity index (χ4n) is 2.27. The minimum Gasteiger partial charge on any atom is -0.383 e. The molecular formula is C15H20ClN3. The van der Waals surface area contributed by atoms with Crippen molar-refractivity contribution in [3.8, 4) is 11.3 Å². The van der Waals surface area contributed by atoms with E-state index in [4.69, 9.17) is 17.3 Å². The molecule has 0 bridgehead atoms. The highest BCUT2D eigenvalue weighted by atomic mass is 35.5. The molecule has 0 saturated carbocycles. The first kappa shape index (κ1) is 13.9. The minimum absolute atomic E-state index is 0.303. The Hall–Kier alpha value is -1.48. The van der Waals surface area contributed by atoms with Crippen LogP contribution >= 0.6 is 11.6 Å². The summed E-state index contributed by atoms with van der Waals surface area (Å²) in [6.45, 7) is 8.30. The molecule has 1 aromatic heterocycles. The summed E-state index contributed by atoms with van der Waals surface area (Å²) >= 11 is 6.18. The molecule has 2 rings (SSSR count). The maximum Gasteiger partial charge on any atom is 0.131 e. The Labute approximate surface area is 119 Å². The smallest absolute Gasteiger partial charge is 0.131 e. The number of nitrogens with zero attached hydrogens (tertiary/aromatic N) is 2. The number of hydrogen-bond acceptors (Lipinski definition) is 2. The predicted octanol–water partition coefficient (Wildman–Crippen LogP) is 4.24. The molecule has 4 heteroatoms. The van der Waals surface area contributed by atoms with Crippen LogP contribution in [-0.2, 0) is 6.42 Å². The number of hydrogen-bond donors (Lipinski definition) is 1. The number of nitrogen functional groups attached to an aromatic ring is 1. The van der Waals surface area contributed by atoms with Gasteiger partial charge in [-0.05, 0) is 32.4 Å². The third-order valence-corrected chi connectivity index (χ3v) is 3.71. The Bertz CT molecular complexity index is 600. The zero-order chi connectivity index (χ0) is 14.2. The first-order chi connectivity index (χ1) is 8.95. The molecule has 1 aromatic carbocycles. The van der Waals surface area contributed by atoms with Gasteiger partial charge >= 0.3 is 0 Å². The molecule has 0 radical (unpaired) electrons. The lowest BCUT2D eigenvalue weighted by Crippen LogP contribution is -2.08. The van der Waals surface area contributed by atoms with Crippen molar-refractivity contribution in [3.63, 3.8) is 0 Å². The molecule has 0 aliphatic carbocycles. The first-order valence-corrected chi connectivity index (χ1v) is 6.96. The molecule has 0 unspecified atom stereocenters. The van der Waals surface area contributed by atoms with Gasteiger partial charge in [0.1, 0.15) is 17.3 Å². The van der Waals surface area contributed by atoms with Gasteiger partial charge in [-0.15, -0.1) is 0 Å². The highest BCUT2D eigenvalue weighted by Crippen LogP contribution is 2.31. The molecule has 102 valence electrons. The first-order valence-electron chi connectivity index (χ1n) is 6.58. The number of aryl methyl sites for hydroxylation is 2. The number of rotatable bonds is 3. The van der Waals surface area contributed by atoms with Crippen molar-refractivity contribution in [2.75, 3.05) is 5.73 Å². The summed E-state index contributed by atoms with van der Waals surface area (Å²) in [5.74, 6) is 1.73. The third-order valence-electron chi connectivity index (χ3n) is 3.30. The molecule has 0 amide bonds. The van der Waals surface area contributed by atoms with Gasteiger partial charge in [0.15, 0.2) is 0 Å². The van der Waals surface area contributed by atoms with Crippen LogP contribution in [0.3, 0.4) is 0 Å². The topological polar surface area (TPSA) is 43.8 Å². The van der Waals surface area contributed by atoms with Gasteiger partial charge in [-0.2, -0.15) is 0 Å². The van der Waals surface area contributed by atoms with Gasteiger partial charge in [-0.25, -0.2) is 4.98 Å². The van der Waals surface area contributed by atoms with Crippen molar-refractivity contribution in [1.29, 1.82) is 0 Å². The van der Waals surface area contributed by atoms with Crippen molar-refractivity contribution in [2.45, 2.75) is 40.2 Å². The SMILES string of the molecule is CCc1nc(-c2ccc(C)c(Cl)c2)c(N)n1C(C)C. The van der Waals surface area contributed by atoms with E-state index in [0.29, 0.717) is 11.9 Å². The molecule has 0 saturated heterocycles. The molecule has 2 N–H and O–H groups in total. The summed E-state index contributed by atoms with van der Waals surface area (Å²) in [5, 5.41) is 0.744. The van der Waals surface area contributed by atoms with Gasteiger partial charge in [0.2, 0.25) is 0 Å². The second-order valence-corrected chi connectivity index (χ2v) is 5.45. The van der Waals surface area contributed by atoms with E-state index in [9.17, 15) is 0 Å². The maximum absolute atomic E-state index is 6.26. The molecule has 0 spiro atoms. The zero-order valence-electron chi connectivity index (χ0n) is 11.9. The molecule has 1 heterocycles. The van der Waals surface area contributed by atoms with Crippen molar-refractivity contribution in [1.82, 2.24) is 9.55 Å². The van der Waals surface area contributed by atoms with Crippen molar-refractivity contribution >= 4 is 17.4 Å². The molecule has 0 aliphatic rings. The fourth-order valence-corrected chi connectivity index (χ4v) is 2.45. The Kier molecular flexibility index (Phi) is 3.85. The largest absolute Gasteiger partial charge is 0.383 e. The summed E-state index contributed by atoms with van der Waals surface area (Å²) < 4.78 is 2.09. The van der Waals surface area contributed by atoms with Crippen molar-refractivity contribution in [3.05, 3.63) is 34.6 Å². The van der Waals surface area contributed by atoms with E-state index in [1.807, 2.05) is 25.1 Å². The number of halogens is 1. The van der Waals surface area contributed by atoms with Crippen LogP contribution in [0.15, 0.2) is 18.2 Å². The quantitative estimate of drug-likeness (QED) is 0.912. The van der Waals surface area contributed by atoms with Crippen LogP contribution in [0.1, 0.15) is 38.2 Å². The van der Waals surface area contributed by atoms with Crippen LogP contribution in [0, 0.1) is 6.92 Å². The molecular weight excluding hydrogens is 258 g/mol. The number of nitrogens with two attached hydrogens (primary N) is 1. The lowest BCUT2D eigenvalue weighted by Gasteiger charge is -2.12. The summed E-state index contributed by atoms with van der Waals surface area (Å²) in [6, 6.07) is 6.25. The normalized spacial score (nSPS) is 11.3. The molecule has 19 heavy (non-hydrogen) atoms. The van der Waals surface area contributed by atoms with Gasteiger partial charge in [0.25, 0.3) is 0 Å². The van der Waals surface area contributed by atoms with Gasteiger partial charge < -0.3 is 10.3 Å². The summed E-state index contributed by atoms with van der Waals surface area (Å²) in [5.41, 5.74) is 9.12. The Balaban J connectivity index is 2.59. The molecule has 0 fully saturated rings. The van der Waals surface area contributed by atoms with Crippen LogP contribution in [0.25, 0.3) is 11.3 Å². The Morgan fingerprint density at radius 1 is 1.37 bits per heavy atom. The highest BCUT2D eigenvalue weighted by Gasteiger charge is 2.17. The maximum atomic E-state index is 6.26. The number of imidazole rings is 1. The van der Waals surface area contributed by atoms with Crippen LogP contribution in [0.2, 0.25) is 5.02 Å². The van der Waals surface area contributed by atoms with Crippen molar-refractivity contribution < 1.29 is 0 Å². The lowest BCUT2D eigenvalue weighted by molar-refractivity contribution is 0.579. The van der Waals surface area contributed by atoms with Crippen LogP contribution < -0.4 is 5.73 Å². The molecule has 2 aromatic rings. The van der Waals surface area contributed by atoms with E-state index in [0.717, 1.165) is 34.1 Å². The van der Waals surface area contributed by atoms with E-state index in [-0.39, 0.29) is 0 Å². The number of benzene rings is 1. The van der Waals surface area contributed by atoms with E-state index in [1.165, 1.54) is 0 Å². The molecule has 0 aliphatic heterocycles. The second-order valence-electron chi connectivity index (χ2n) is 5.04. The van der Waals surface area contributed by atoms with E-state index in [1.54, 1.807) is 0 Å². The standard InChI is InChI=1S/C15H20ClN3/c1-5-13-18-14(15(17)19(13)9(2)3)11-7-6-10(4)12(16)8-11/h6-9H,5,17H2,1-4H3. The van der Waals surface area contributed by atoms with Crippen LogP contribution in [0.5, 0.6) is 0 Å². The average molecular weight is 278 g/mol. The number of aromatic nitrogens is 2. The monoisotopic (exact) mass is 277 g/mol. The van der Waals surface area contributed by atoms with Crippen molar-refractivity contribution in [2.24, 2.45) is 0 Å². The minimum atomic E-state index is 0.303. The van der Waals surface area contributed by atoms with E-state index < -0.39 is 0 Å². The molecule has 0 atom stereocenters. The molecule has 3 nitrogen and oxygen atoms in total. The van der Waals surface area contributed by atoms with Gasteiger partial charge in [0.05, 0.1) is 0 Å². The van der Waals surface area contributed by atoms with Crippen LogP contribution in [0.4, 0.5) is 5.82 Å². The summed E-state index contributed by atoms with van der Waals surface area (Å²) in [4.78, 5) is 4.67. The Morgan fingerprint density at radius 2 is 2.05 bits per heavy atom. The van der Waals surface area contributed by atoms with Gasteiger partial charge in [-0.3, -0.25) is 0 Å². The lowest BCUT2D eigenvalue weighted by atomic mass is 10.1. The second kappa shape index (κ2) is 5.25. The summed E-state index contributed by atoms with van der Waals surface area (Å²) in [6.07, 6.45) is 0.863. The fraction of sp³-hybridized carbons (Fsp3) is 0.400. The van der Waals surface area contributed by atoms with Gasteiger partial charge in [-0.1, -0.05) is 30.7 Å². The predicted molar refractivity (Wildman–Crippen MR) is 81.6 cm³/mol. The number of anilines is 1. The third kappa shape index (κ3) is 2.47. The Morgan fingerprint density at radius 3 is 2.53 bits per heavy atom. The summed E-state index contributed by atoms with van der Waals surface area (Å²) in [7, 11) is 0. The van der Waals surface area contributed by atoms with E-state index in [2.05, 4.69) is 30.3 Å². The van der Waals surface area contributed by atoms with Gasteiger partial charge in [0, 0.05) is 23.0 Å². The highest BCUT2D eigenvalue weighted by molar-refractivity contribution is 6.31. The van der Waals surface area contributed by atoms with Crippen LogP contribution in [-0.4, -0.2) is 9.55 Å². The van der Waals surface area contributed by atoms with E-state index >= 15 is 0 Å².